The van der Waals surface area contributed by atoms with Gasteiger partial charge in [-0.1, -0.05) is 38.1 Å². The monoisotopic (exact) mass is 321 g/mol. The fraction of sp³-hybridized carbons (Fsp3) is 0.556. The summed E-state index contributed by atoms with van der Waals surface area (Å²) in [7, 11) is 1.49. The van der Waals surface area contributed by atoms with Gasteiger partial charge in [-0.2, -0.15) is 0 Å². The summed E-state index contributed by atoms with van der Waals surface area (Å²) in [5.74, 6) is -1.07. The van der Waals surface area contributed by atoms with Crippen molar-refractivity contribution < 1.29 is 19.4 Å². The minimum absolute atomic E-state index is 0.0672. The Morgan fingerprint density at radius 3 is 2.39 bits per heavy atom. The predicted octanol–water partition coefficient (Wildman–Crippen LogP) is 2.74. The van der Waals surface area contributed by atoms with Gasteiger partial charge in [-0.3, -0.25) is 9.59 Å². The van der Waals surface area contributed by atoms with Crippen LogP contribution in [0.4, 0.5) is 0 Å². The van der Waals surface area contributed by atoms with Crippen molar-refractivity contribution in [2.24, 2.45) is 0 Å². The van der Waals surface area contributed by atoms with Crippen LogP contribution in [0, 0.1) is 0 Å². The first-order valence-electron chi connectivity index (χ1n) is 7.90. The maximum atomic E-state index is 12.3. The van der Waals surface area contributed by atoms with Crippen LogP contribution in [-0.4, -0.2) is 36.2 Å². The van der Waals surface area contributed by atoms with E-state index >= 15 is 0 Å². The lowest BCUT2D eigenvalue weighted by Gasteiger charge is -2.29. The number of aliphatic carboxylic acids is 1. The van der Waals surface area contributed by atoms with Crippen molar-refractivity contribution in [3.05, 3.63) is 35.4 Å². The Bertz CT molecular complexity index is 526. The topological polar surface area (TPSA) is 75.6 Å². The van der Waals surface area contributed by atoms with Gasteiger partial charge >= 0.3 is 5.97 Å². The van der Waals surface area contributed by atoms with Crippen LogP contribution in [0.1, 0.15) is 50.7 Å². The summed E-state index contributed by atoms with van der Waals surface area (Å²) in [4.78, 5) is 23.2. The van der Waals surface area contributed by atoms with Crippen LogP contribution < -0.4 is 5.32 Å². The molecule has 23 heavy (non-hydrogen) atoms. The Hall–Kier alpha value is -1.88. The zero-order valence-electron chi connectivity index (χ0n) is 14.4. The molecule has 0 aliphatic heterocycles. The molecule has 0 aliphatic carbocycles. The van der Waals surface area contributed by atoms with E-state index in [0.29, 0.717) is 6.42 Å². The SMILES string of the molecule is CCc1ccc(C(C)CC(=O)NC(C)(COC)CC(=O)O)cc1. The van der Waals surface area contributed by atoms with Crippen LogP contribution >= 0.6 is 0 Å². The second-order valence-electron chi connectivity index (χ2n) is 6.31. The van der Waals surface area contributed by atoms with Crippen LogP contribution in [0.2, 0.25) is 0 Å². The number of amides is 1. The standard InChI is InChI=1S/C18H27NO4/c1-5-14-6-8-15(9-7-14)13(2)10-16(20)19-18(3,12-23-4)11-17(21)22/h6-9,13H,5,10-12H2,1-4H3,(H,19,20)(H,21,22). The molecule has 1 amide bonds. The number of carboxylic acid groups (broad SMARTS) is 1. The zero-order chi connectivity index (χ0) is 17.5. The van der Waals surface area contributed by atoms with Gasteiger partial charge in [0, 0.05) is 13.5 Å². The Morgan fingerprint density at radius 2 is 1.91 bits per heavy atom. The minimum atomic E-state index is -0.965. The van der Waals surface area contributed by atoms with E-state index in [0.717, 1.165) is 12.0 Å². The van der Waals surface area contributed by atoms with Crippen molar-refractivity contribution in [2.75, 3.05) is 13.7 Å². The van der Waals surface area contributed by atoms with Crippen LogP contribution in [0.15, 0.2) is 24.3 Å². The number of hydrogen-bond acceptors (Lipinski definition) is 3. The predicted molar refractivity (Wildman–Crippen MR) is 89.5 cm³/mol. The summed E-state index contributed by atoms with van der Waals surface area (Å²) < 4.78 is 5.05. The molecule has 0 heterocycles. The molecule has 0 saturated carbocycles. The van der Waals surface area contributed by atoms with E-state index in [1.54, 1.807) is 6.92 Å². The van der Waals surface area contributed by atoms with E-state index in [9.17, 15) is 9.59 Å². The van der Waals surface area contributed by atoms with E-state index in [4.69, 9.17) is 9.84 Å². The van der Waals surface area contributed by atoms with Crippen LogP contribution in [-0.2, 0) is 20.7 Å². The van der Waals surface area contributed by atoms with Gasteiger partial charge in [-0.25, -0.2) is 0 Å². The summed E-state index contributed by atoms with van der Waals surface area (Å²) in [6.45, 7) is 5.93. The van der Waals surface area contributed by atoms with E-state index in [2.05, 4.69) is 24.4 Å². The molecule has 128 valence electrons. The molecule has 1 aromatic carbocycles. The molecule has 5 heteroatoms. The summed E-state index contributed by atoms with van der Waals surface area (Å²) >= 11 is 0. The first kappa shape index (κ1) is 19.2. The number of methoxy groups -OCH3 is 1. The second-order valence-corrected chi connectivity index (χ2v) is 6.31. The van der Waals surface area contributed by atoms with E-state index in [-0.39, 0.29) is 24.9 Å². The molecule has 1 rings (SSSR count). The molecule has 1 aromatic rings. The molecule has 0 spiro atoms. The lowest BCUT2D eigenvalue weighted by molar-refractivity contribution is -0.139. The normalized spacial score (nSPS) is 14.8. The zero-order valence-corrected chi connectivity index (χ0v) is 14.4. The summed E-state index contributed by atoms with van der Waals surface area (Å²) in [5, 5.41) is 11.8. The number of carbonyl (C=O) groups excluding carboxylic acids is 1. The summed E-state index contributed by atoms with van der Waals surface area (Å²) in [6.07, 6.45) is 1.12. The molecule has 0 radical (unpaired) electrons. The minimum Gasteiger partial charge on any atom is -0.481 e. The van der Waals surface area contributed by atoms with Gasteiger partial charge < -0.3 is 15.2 Å². The van der Waals surface area contributed by atoms with Gasteiger partial charge in [0.25, 0.3) is 0 Å². The Kier molecular flexibility index (Phi) is 7.23. The lowest BCUT2D eigenvalue weighted by Crippen LogP contribution is -2.51. The van der Waals surface area contributed by atoms with Crippen molar-refractivity contribution in [3.63, 3.8) is 0 Å². The number of rotatable bonds is 9. The molecule has 5 nitrogen and oxygen atoms in total. The van der Waals surface area contributed by atoms with Gasteiger partial charge in [-0.05, 0) is 30.4 Å². The average molecular weight is 321 g/mol. The van der Waals surface area contributed by atoms with Gasteiger partial charge in [0.05, 0.1) is 18.6 Å². The molecule has 0 bridgehead atoms. The van der Waals surface area contributed by atoms with E-state index in [1.165, 1.54) is 12.7 Å². The highest BCUT2D eigenvalue weighted by molar-refractivity contribution is 5.79. The molecule has 0 aromatic heterocycles. The van der Waals surface area contributed by atoms with E-state index in [1.807, 2.05) is 19.1 Å². The smallest absolute Gasteiger partial charge is 0.305 e. The summed E-state index contributed by atoms with van der Waals surface area (Å²) in [6, 6.07) is 8.23. The fourth-order valence-electron chi connectivity index (χ4n) is 2.65. The van der Waals surface area contributed by atoms with Crippen molar-refractivity contribution >= 4 is 11.9 Å². The lowest BCUT2D eigenvalue weighted by atomic mass is 9.94. The number of carbonyl (C=O) groups is 2. The van der Waals surface area contributed by atoms with Crippen LogP contribution in [0.5, 0.6) is 0 Å². The second kappa shape index (κ2) is 8.67. The average Bonchev–Trinajstić information content (AvgIpc) is 2.46. The highest BCUT2D eigenvalue weighted by atomic mass is 16.5. The van der Waals surface area contributed by atoms with Gasteiger partial charge in [0.1, 0.15) is 0 Å². The number of ether oxygens (including phenoxy) is 1. The molecular formula is C18H27NO4. The molecule has 2 N–H and O–H groups in total. The number of carboxylic acids is 1. The van der Waals surface area contributed by atoms with Crippen molar-refractivity contribution in [2.45, 2.75) is 51.5 Å². The molecule has 0 fully saturated rings. The van der Waals surface area contributed by atoms with Crippen LogP contribution in [0.3, 0.4) is 0 Å². The third kappa shape index (κ3) is 6.40. The number of benzene rings is 1. The van der Waals surface area contributed by atoms with Crippen LogP contribution in [0.25, 0.3) is 0 Å². The van der Waals surface area contributed by atoms with E-state index < -0.39 is 11.5 Å². The third-order valence-electron chi connectivity index (χ3n) is 3.89. The van der Waals surface area contributed by atoms with Gasteiger partial charge in [0.2, 0.25) is 5.91 Å². The van der Waals surface area contributed by atoms with Crippen molar-refractivity contribution in [1.82, 2.24) is 5.32 Å². The van der Waals surface area contributed by atoms with Crippen molar-refractivity contribution in [1.29, 1.82) is 0 Å². The quantitative estimate of drug-likeness (QED) is 0.733. The Balaban J connectivity index is 2.67. The molecule has 0 saturated heterocycles. The maximum absolute atomic E-state index is 12.3. The summed E-state index contributed by atoms with van der Waals surface area (Å²) in [5.41, 5.74) is 1.47. The van der Waals surface area contributed by atoms with Gasteiger partial charge in [0.15, 0.2) is 0 Å². The first-order valence-corrected chi connectivity index (χ1v) is 7.90. The Morgan fingerprint density at radius 1 is 1.30 bits per heavy atom. The Labute approximate surface area is 138 Å². The fourth-order valence-corrected chi connectivity index (χ4v) is 2.65. The van der Waals surface area contributed by atoms with Crippen molar-refractivity contribution in [3.8, 4) is 0 Å². The molecule has 2 atom stereocenters. The molecule has 0 aliphatic rings. The van der Waals surface area contributed by atoms with Gasteiger partial charge in [-0.15, -0.1) is 0 Å². The largest absolute Gasteiger partial charge is 0.481 e. The number of hydrogen-bond donors (Lipinski definition) is 2. The molecule has 2 unspecified atom stereocenters. The first-order chi connectivity index (χ1) is 10.8. The highest BCUT2D eigenvalue weighted by Crippen LogP contribution is 2.20. The highest BCUT2D eigenvalue weighted by Gasteiger charge is 2.30. The molecular weight excluding hydrogens is 294 g/mol. The maximum Gasteiger partial charge on any atom is 0.305 e. The third-order valence-corrected chi connectivity index (χ3v) is 3.89. The number of aryl methyl sites for hydroxylation is 1. The number of nitrogens with one attached hydrogen (secondary N) is 1.